The highest BCUT2D eigenvalue weighted by molar-refractivity contribution is 5.95. The van der Waals surface area contributed by atoms with Crippen LogP contribution >= 0.6 is 0 Å². The van der Waals surface area contributed by atoms with Gasteiger partial charge in [0.1, 0.15) is 11.5 Å². The van der Waals surface area contributed by atoms with Crippen LogP contribution < -0.4 is 10.6 Å². The van der Waals surface area contributed by atoms with Crippen molar-refractivity contribution in [2.45, 2.75) is 13.3 Å². The molecule has 0 saturated carbocycles. The number of carbonyl (C=O) groups is 1. The SMILES string of the molecule is CNc1nc(C)nc2c(NC(=O)Cc3ccccc3)cnn12. The number of aromatic nitrogens is 4. The number of carbonyl (C=O) groups excluding carboxylic acids is 1. The molecule has 3 rings (SSSR count). The maximum absolute atomic E-state index is 12.2. The van der Waals surface area contributed by atoms with Crippen molar-refractivity contribution in [2.24, 2.45) is 0 Å². The monoisotopic (exact) mass is 296 g/mol. The largest absolute Gasteiger partial charge is 0.357 e. The molecular formula is C15H16N6O. The maximum Gasteiger partial charge on any atom is 0.228 e. The van der Waals surface area contributed by atoms with Crippen molar-refractivity contribution in [3.05, 3.63) is 47.9 Å². The average molecular weight is 296 g/mol. The fourth-order valence-electron chi connectivity index (χ4n) is 2.21. The maximum atomic E-state index is 12.2. The second-order valence-electron chi connectivity index (χ2n) is 4.85. The molecule has 0 atom stereocenters. The number of fused-ring (bicyclic) bond motifs is 1. The molecule has 1 aromatic carbocycles. The standard InChI is InChI=1S/C15H16N6O/c1-10-18-14-12(9-17-21(14)15(16-2)19-10)20-13(22)8-11-6-4-3-5-7-11/h3-7,9H,8H2,1-2H3,(H,20,22)(H,16,18,19). The fraction of sp³-hybridized carbons (Fsp3) is 0.200. The number of aryl methyl sites for hydroxylation is 1. The van der Waals surface area contributed by atoms with Gasteiger partial charge in [-0.1, -0.05) is 30.3 Å². The third-order valence-electron chi connectivity index (χ3n) is 3.19. The summed E-state index contributed by atoms with van der Waals surface area (Å²) in [5.41, 5.74) is 2.10. The van der Waals surface area contributed by atoms with E-state index in [1.807, 2.05) is 30.3 Å². The van der Waals surface area contributed by atoms with Gasteiger partial charge in [-0.2, -0.15) is 14.6 Å². The van der Waals surface area contributed by atoms with E-state index in [1.165, 1.54) is 0 Å². The second kappa shape index (κ2) is 5.80. The van der Waals surface area contributed by atoms with Gasteiger partial charge in [0.25, 0.3) is 0 Å². The number of amides is 1. The normalized spacial score (nSPS) is 10.6. The molecule has 2 heterocycles. The highest BCUT2D eigenvalue weighted by Crippen LogP contribution is 2.17. The lowest BCUT2D eigenvalue weighted by Crippen LogP contribution is -2.14. The summed E-state index contributed by atoms with van der Waals surface area (Å²) in [4.78, 5) is 20.7. The van der Waals surface area contributed by atoms with Gasteiger partial charge in [0, 0.05) is 7.05 Å². The highest BCUT2D eigenvalue weighted by Gasteiger charge is 2.13. The summed E-state index contributed by atoms with van der Waals surface area (Å²) in [7, 11) is 1.76. The molecule has 0 aliphatic rings. The molecule has 22 heavy (non-hydrogen) atoms. The van der Waals surface area contributed by atoms with E-state index in [1.54, 1.807) is 24.7 Å². The first kappa shape index (κ1) is 14.0. The lowest BCUT2D eigenvalue weighted by atomic mass is 10.1. The topological polar surface area (TPSA) is 84.2 Å². The van der Waals surface area contributed by atoms with E-state index in [0.29, 0.717) is 29.5 Å². The molecular weight excluding hydrogens is 280 g/mol. The Morgan fingerprint density at radius 3 is 2.73 bits per heavy atom. The van der Waals surface area contributed by atoms with Crippen LogP contribution in [0.2, 0.25) is 0 Å². The molecule has 7 heteroatoms. The van der Waals surface area contributed by atoms with Crippen LogP contribution in [0.5, 0.6) is 0 Å². The number of hydrogen-bond donors (Lipinski definition) is 2. The minimum atomic E-state index is -0.108. The number of nitrogens with one attached hydrogen (secondary N) is 2. The van der Waals surface area contributed by atoms with Crippen LogP contribution in [0.25, 0.3) is 5.65 Å². The van der Waals surface area contributed by atoms with E-state index >= 15 is 0 Å². The minimum Gasteiger partial charge on any atom is -0.357 e. The van der Waals surface area contributed by atoms with Crippen LogP contribution in [0.15, 0.2) is 36.5 Å². The zero-order valence-corrected chi connectivity index (χ0v) is 12.4. The smallest absolute Gasteiger partial charge is 0.228 e. The van der Waals surface area contributed by atoms with Gasteiger partial charge in [0.05, 0.1) is 12.6 Å². The number of nitrogens with zero attached hydrogens (tertiary/aromatic N) is 4. The molecule has 0 spiro atoms. The second-order valence-corrected chi connectivity index (χ2v) is 4.85. The molecule has 0 unspecified atom stereocenters. The van der Waals surface area contributed by atoms with E-state index < -0.39 is 0 Å². The van der Waals surface area contributed by atoms with Gasteiger partial charge < -0.3 is 10.6 Å². The molecule has 0 saturated heterocycles. The lowest BCUT2D eigenvalue weighted by molar-refractivity contribution is -0.115. The van der Waals surface area contributed by atoms with Crippen molar-refractivity contribution < 1.29 is 4.79 Å². The molecule has 1 amide bonds. The molecule has 0 fully saturated rings. The molecule has 0 aliphatic heterocycles. The van der Waals surface area contributed by atoms with Gasteiger partial charge >= 0.3 is 0 Å². The Morgan fingerprint density at radius 2 is 2.00 bits per heavy atom. The third-order valence-corrected chi connectivity index (χ3v) is 3.19. The van der Waals surface area contributed by atoms with Crippen LogP contribution in [0.3, 0.4) is 0 Å². The van der Waals surface area contributed by atoms with Gasteiger partial charge in [0.15, 0.2) is 5.65 Å². The Labute approximate surface area is 127 Å². The van der Waals surface area contributed by atoms with E-state index in [-0.39, 0.29) is 5.91 Å². The minimum absolute atomic E-state index is 0.108. The highest BCUT2D eigenvalue weighted by atomic mass is 16.1. The fourth-order valence-corrected chi connectivity index (χ4v) is 2.21. The first-order valence-electron chi connectivity index (χ1n) is 6.91. The Kier molecular flexibility index (Phi) is 3.69. The first-order chi connectivity index (χ1) is 10.7. The number of rotatable bonds is 4. The number of anilines is 2. The van der Waals surface area contributed by atoms with Crippen LogP contribution in [0.4, 0.5) is 11.6 Å². The molecule has 0 bridgehead atoms. The van der Waals surface area contributed by atoms with E-state index in [4.69, 9.17) is 0 Å². The lowest BCUT2D eigenvalue weighted by Gasteiger charge is -2.06. The van der Waals surface area contributed by atoms with Gasteiger partial charge in [0.2, 0.25) is 11.9 Å². The van der Waals surface area contributed by atoms with Crippen LogP contribution in [0, 0.1) is 6.92 Å². The van der Waals surface area contributed by atoms with Crippen molar-refractivity contribution in [3.63, 3.8) is 0 Å². The zero-order chi connectivity index (χ0) is 15.5. The van der Waals surface area contributed by atoms with Crippen molar-refractivity contribution >= 4 is 23.2 Å². The predicted octanol–water partition coefficient (Wildman–Crippen LogP) is 1.66. The molecule has 2 N–H and O–H groups in total. The van der Waals surface area contributed by atoms with Gasteiger partial charge in [-0.05, 0) is 12.5 Å². The summed E-state index contributed by atoms with van der Waals surface area (Å²) in [6.07, 6.45) is 1.88. The van der Waals surface area contributed by atoms with E-state index in [9.17, 15) is 4.79 Å². The Morgan fingerprint density at radius 1 is 1.23 bits per heavy atom. The molecule has 0 aliphatic carbocycles. The summed E-state index contributed by atoms with van der Waals surface area (Å²) in [6.45, 7) is 1.80. The summed E-state index contributed by atoms with van der Waals surface area (Å²) in [5.74, 6) is 1.07. The Bertz CT molecular complexity index is 812. The van der Waals surface area contributed by atoms with Gasteiger partial charge in [-0.25, -0.2) is 4.98 Å². The van der Waals surface area contributed by atoms with Crippen molar-refractivity contribution in [1.82, 2.24) is 19.6 Å². The van der Waals surface area contributed by atoms with E-state index in [0.717, 1.165) is 5.56 Å². The number of hydrogen-bond acceptors (Lipinski definition) is 5. The summed E-state index contributed by atoms with van der Waals surface area (Å²) < 4.78 is 1.56. The Balaban J connectivity index is 1.85. The molecule has 3 aromatic rings. The van der Waals surface area contributed by atoms with Crippen LogP contribution in [0.1, 0.15) is 11.4 Å². The van der Waals surface area contributed by atoms with Crippen LogP contribution in [-0.4, -0.2) is 32.5 Å². The number of benzene rings is 1. The summed E-state index contributed by atoms with van der Waals surface area (Å²) >= 11 is 0. The van der Waals surface area contributed by atoms with Crippen molar-refractivity contribution in [2.75, 3.05) is 17.7 Å². The average Bonchev–Trinajstić information content (AvgIpc) is 2.90. The summed E-state index contributed by atoms with van der Waals surface area (Å²) in [5, 5.41) is 10.0. The van der Waals surface area contributed by atoms with Crippen LogP contribution in [-0.2, 0) is 11.2 Å². The zero-order valence-electron chi connectivity index (χ0n) is 12.4. The Hall–Kier alpha value is -2.96. The first-order valence-corrected chi connectivity index (χ1v) is 6.91. The molecule has 112 valence electrons. The molecule has 0 radical (unpaired) electrons. The molecule has 7 nitrogen and oxygen atoms in total. The third kappa shape index (κ3) is 2.73. The van der Waals surface area contributed by atoms with Gasteiger partial charge in [-0.15, -0.1) is 0 Å². The van der Waals surface area contributed by atoms with E-state index in [2.05, 4.69) is 25.7 Å². The van der Waals surface area contributed by atoms with Crippen molar-refractivity contribution in [1.29, 1.82) is 0 Å². The predicted molar refractivity (Wildman–Crippen MR) is 83.8 cm³/mol. The summed E-state index contributed by atoms with van der Waals surface area (Å²) in [6, 6.07) is 9.58. The van der Waals surface area contributed by atoms with Crippen molar-refractivity contribution in [3.8, 4) is 0 Å². The molecule has 2 aromatic heterocycles. The van der Waals surface area contributed by atoms with Gasteiger partial charge in [-0.3, -0.25) is 4.79 Å². The quantitative estimate of drug-likeness (QED) is 0.765.